The number of primary sulfonamides is 1. The van der Waals surface area contributed by atoms with Crippen molar-refractivity contribution in [3.63, 3.8) is 0 Å². The lowest BCUT2D eigenvalue weighted by Gasteiger charge is -2.12. The molecule has 0 amide bonds. The molecule has 13 heteroatoms. The zero-order chi connectivity index (χ0) is 21.6. The van der Waals surface area contributed by atoms with E-state index < -0.39 is 44.4 Å². The third-order valence-corrected chi connectivity index (χ3v) is 4.54. The Morgan fingerprint density at radius 2 is 1.69 bits per heavy atom. The van der Waals surface area contributed by atoms with Crippen LogP contribution in [0, 0.1) is 11.6 Å². The average molecular weight is 436 g/mol. The van der Waals surface area contributed by atoms with Crippen LogP contribution in [0.25, 0.3) is 16.9 Å². The molecular formula is C16H9F5N2O5S. The van der Waals surface area contributed by atoms with Gasteiger partial charge in [0, 0.05) is 11.6 Å². The van der Waals surface area contributed by atoms with Gasteiger partial charge in [0.2, 0.25) is 10.0 Å². The van der Waals surface area contributed by atoms with Gasteiger partial charge in [0.05, 0.1) is 11.4 Å². The number of sulfonamides is 1. The second-order valence-corrected chi connectivity index (χ2v) is 7.08. The molecule has 0 saturated carbocycles. The number of ether oxygens (including phenoxy) is 1. The molecule has 1 aromatic heterocycles. The molecule has 0 atom stereocenters. The van der Waals surface area contributed by atoms with E-state index in [-0.39, 0.29) is 16.9 Å². The van der Waals surface area contributed by atoms with E-state index in [0.717, 1.165) is 24.5 Å². The number of hydrogen-bond donors (Lipinski definition) is 1. The van der Waals surface area contributed by atoms with Crippen LogP contribution >= 0.6 is 0 Å². The number of nitrogens with two attached hydrogens (primary N) is 1. The number of nitrogens with zero attached hydrogens (tertiary/aromatic N) is 1. The first-order valence-electron chi connectivity index (χ1n) is 7.46. The molecule has 0 aliphatic heterocycles. The molecule has 0 aliphatic carbocycles. The second kappa shape index (κ2) is 7.00. The zero-order valence-corrected chi connectivity index (χ0v) is 14.7. The van der Waals surface area contributed by atoms with Crippen LogP contribution in [-0.4, -0.2) is 19.3 Å². The van der Waals surface area contributed by atoms with Crippen LogP contribution in [0.4, 0.5) is 22.0 Å². The topological polar surface area (TPSA) is 105 Å². The van der Waals surface area contributed by atoms with E-state index in [1.54, 1.807) is 0 Å². The standard InChI is InChI=1S/C16H9F5N2O5S/c17-11-4-8(5-12(18)14(11)29(22,25)26)13-7-27-15(24)23(13)9-2-1-3-10(6-9)28-16(19,20)21/h1-7H,(H2,22,25,26). The van der Waals surface area contributed by atoms with Crippen LogP contribution < -0.4 is 15.6 Å². The molecule has 0 saturated heterocycles. The van der Waals surface area contributed by atoms with Crippen molar-refractivity contribution in [3.05, 3.63) is 64.8 Å². The molecule has 29 heavy (non-hydrogen) atoms. The summed E-state index contributed by atoms with van der Waals surface area (Å²) in [5.74, 6) is -4.80. The van der Waals surface area contributed by atoms with Crippen LogP contribution in [0.15, 0.2) is 56.8 Å². The third kappa shape index (κ3) is 4.30. The number of halogens is 5. The average Bonchev–Trinajstić information content (AvgIpc) is 2.93. The summed E-state index contributed by atoms with van der Waals surface area (Å²) < 4.78 is 97.2. The summed E-state index contributed by atoms with van der Waals surface area (Å²) in [5, 5.41) is 4.75. The smallest absolute Gasteiger partial charge is 0.415 e. The summed E-state index contributed by atoms with van der Waals surface area (Å²) in [4.78, 5) is 10.7. The van der Waals surface area contributed by atoms with Crippen LogP contribution in [0.5, 0.6) is 5.75 Å². The van der Waals surface area contributed by atoms with E-state index in [9.17, 15) is 35.2 Å². The molecule has 0 aliphatic rings. The summed E-state index contributed by atoms with van der Waals surface area (Å²) in [5.41, 5.74) is -0.768. The minimum absolute atomic E-state index is 0.170. The fraction of sp³-hybridized carbons (Fsp3) is 0.0625. The van der Waals surface area contributed by atoms with Gasteiger partial charge in [-0.15, -0.1) is 13.2 Å². The number of alkyl halides is 3. The molecule has 0 spiro atoms. The quantitative estimate of drug-likeness (QED) is 0.634. The highest BCUT2D eigenvalue weighted by atomic mass is 32.2. The van der Waals surface area contributed by atoms with Crippen molar-refractivity contribution in [1.82, 2.24) is 4.57 Å². The summed E-state index contributed by atoms with van der Waals surface area (Å²) in [6, 6.07) is 5.35. The molecular weight excluding hydrogens is 427 g/mol. The van der Waals surface area contributed by atoms with Crippen molar-refractivity contribution in [2.75, 3.05) is 0 Å². The van der Waals surface area contributed by atoms with E-state index in [1.807, 2.05) is 0 Å². The van der Waals surface area contributed by atoms with E-state index in [4.69, 9.17) is 5.14 Å². The van der Waals surface area contributed by atoms with Crippen LogP contribution in [0.2, 0.25) is 0 Å². The van der Waals surface area contributed by atoms with E-state index in [1.165, 1.54) is 6.07 Å². The molecule has 0 bridgehead atoms. The van der Waals surface area contributed by atoms with Crippen molar-refractivity contribution in [2.24, 2.45) is 5.14 Å². The molecule has 0 unspecified atom stereocenters. The van der Waals surface area contributed by atoms with E-state index >= 15 is 0 Å². The molecule has 0 fully saturated rings. The predicted octanol–water partition coefficient (Wildman–Crippen LogP) is 2.92. The van der Waals surface area contributed by atoms with Crippen LogP contribution in [-0.2, 0) is 10.0 Å². The fourth-order valence-electron chi connectivity index (χ4n) is 2.55. The first-order valence-corrected chi connectivity index (χ1v) is 9.00. The molecule has 2 N–H and O–H groups in total. The second-order valence-electron chi connectivity index (χ2n) is 5.58. The maximum absolute atomic E-state index is 14.1. The highest BCUT2D eigenvalue weighted by molar-refractivity contribution is 7.89. The number of hydrogen-bond acceptors (Lipinski definition) is 5. The van der Waals surface area contributed by atoms with Crippen molar-refractivity contribution >= 4 is 10.0 Å². The Labute approximate surface area is 158 Å². The monoisotopic (exact) mass is 436 g/mol. The zero-order valence-electron chi connectivity index (χ0n) is 13.9. The summed E-state index contributed by atoms with van der Waals surface area (Å²) in [6.07, 6.45) is -4.19. The molecule has 2 aromatic carbocycles. The lowest BCUT2D eigenvalue weighted by atomic mass is 10.1. The van der Waals surface area contributed by atoms with Gasteiger partial charge in [-0.3, -0.25) is 0 Å². The molecule has 3 aromatic rings. The van der Waals surface area contributed by atoms with Gasteiger partial charge in [-0.1, -0.05) is 6.07 Å². The highest BCUT2D eigenvalue weighted by Crippen LogP contribution is 2.29. The van der Waals surface area contributed by atoms with Gasteiger partial charge >= 0.3 is 12.1 Å². The predicted molar refractivity (Wildman–Crippen MR) is 87.7 cm³/mol. The Bertz CT molecular complexity index is 1220. The molecule has 1 heterocycles. The Morgan fingerprint density at radius 3 is 2.24 bits per heavy atom. The molecule has 7 nitrogen and oxygen atoms in total. The lowest BCUT2D eigenvalue weighted by Crippen LogP contribution is -2.18. The number of benzene rings is 2. The number of rotatable bonds is 4. The first kappa shape index (κ1) is 20.5. The summed E-state index contributed by atoms with van der Waals surface area (Å²) in [7, 11) is -4.71. The molecule has 154 valence electrons. The van der Waals surface area contributed by atoms with Gasteiger partial charge < -0.3 is 9.15 Å². The Kier molecular flexibility index (Phi) is 4.96. The minimum Gasteiger partial charge on any atom is -0.415 e. The largest absolute Gasteiger partial charge is 0.573 e. The van der Waals surface area contributed by atoms with Crippen molar-refractivity contribution < 1.29 is 39.5 Å². The van der Waals surface area contributed by atoms with Gasteiger partial charge in [0.15, 0.2) is 4.90 Å². The highest BCUT2D eigenvalue weighted by Gasteiger charge is 2.31. The number of oxazole rings is 1. The van der Waals surface area contributed by atoms with Crippen LogP contribution in [0.3, 0.4) is 0 Å². The molecule has 0 radical (unpaired) electrons. The Balaban J connectivity index is 2.16. The minimum atomic E-state index is -4.99. The third-order valence-electron chi connectivity index (χ3n) is 3.58. The fourth-order valence-corrected chi connectivity index (χ4v) is 3.21. The summed E-state index contributed by atoms with van der Waals surface area (Å²) >= 11 is 0. The number of aromatic nitrogens is 1. The van der Waals surface area contributed by atoms with Gasteiger partial charge in [0.25, 0.3) is 0 Å². The first-order chi connectivity index (χ1) is 13.4. The lowest BCUT2D eigenvalue weighted by molar-refractivity contribution is -0.274. The van der Waals surface area contributed by atoms with Crippen molar-refractivity contribution in [1.29, 1.82) is 0 Å². The maximum Gasteiger partial charge on any atom is 0.573 e. The van der Waals surface area contributed by atoms with Gasteiger partial charge in [-0.2, -0.15) is 0 Å². The Hall–Kier alpha value is -3.19. The van der Waals surface area contributed by atoms with Crippen molar-refractivity contribution in [2.45, 2.75) is 11.3 Å². The van der Waals surface area contributed by atoms with Gasteiger partial charge in [0.1, 0.15) is 23.6 Å². The van der Waals surface area contributed by atoms with Gasteiger partial charge in [-0.05, 0) is 24.3 Å². The SMILES string of the molecule is NS(=O)(=O)c1c(F)cc(-c2coc(=O)n2-c2cccc(OC(F)(F)F)c2)cc1F. The molecule has 3 rings (SSSR count). The van der Waals surface area contributed by atoms with Crippen molar-refractivity contribution in [3.8, 4) is 22.7 Å². The van der Waals surface area contributed by atoms with E-state index in [0.29, 0.717) is 16.7 Å². The van der Waals surface area contributed by atoms with E-state index in [2.05, 4.69) is 9.15 Å². The van der Waals surface area contributed by atoms with Crippen LogP contribution in [0.1, 0.15) is 0 Å². The Morgan fingerprint density at radius 1 is 1.07 bits per heavy atom. The summed E-state index contributed by atoms with van der Waals surface area (Å²) in [6.45, 7) is 0. The van der Waals surface area contributed by atoms with Gasteiger partial charge in [-0.25, -0.2) is 31.7 Å². The normalized spacial score (nSPS) is 12.2. The maximum atomic E-state index is 14.1.